The Labute approximate surface area is 124 Å². The first kappa shape index (κ1) is 15.4. The number of nitrogen functional groups attached to an aromatic ring is 1. The molecule has 0 fully saturated rings. The molecule has 0 spiro atoms. The molecule has 2 rings (SSSR count). The smallest absolute Gasteiger partial charge is 0.182 e. The van der Waals surface area contributed by atoms with E-state index < -0.39 is 0 Å². The summed E-state index contributed by atoms with van der Waals surface area (Å²) in [6.45, 7) is 6.49. The van der Waals surface area contributed by atoms with E-state index in [2.05, 4.69) is 36.3 Å². The zero-order valence-corrected chi connectivity index (χ0v) is 12.8. The van der Waals surface area contributed by atoms with E-state index in [1.807, 2.05) is 0 Å². The minimum absolute atomic E-state index is 0.165. The highest BCUT2D eigenvalue weighted by molar-refractivity contribution is 5.61. The third-order valence-corrected chi connectivity index (χ3v) is 3.49. The standard InChI is InChI=1S/C15H22FN5/c1-10(2)5-4-6-11(3)21-15(18-19-20-21)12-7-13(16)9-14(17)8-12/h7-11H,4-6,17H2,1-3H3. The molecule has 1 unspecified atom stereocenters. The Hall–Kier alpha value is -1.98. The molecule has 0 radical (unpaired) electrons. The molecule has 114 valence electrons. The fourth-order valence-corrected chi connectivity index (χ4v) is 2.37. The molecular formula is C15H22FN5. The number of aromatic nitrogens is 4. The maximum absolute atomic E-state index is 13.5. The van der Waals surface area contributed by atoms with E-state index in [0.29, 0.717) is 23.0 Å². The van der Waals surface area contributed by atoms with Crippen molar-refractivity contribution >= 4 is 5.69 Å². The minimum atomic E-state index is -0.382. The van der Waals surface area contributed by atoms with Gasteiger partial charge in [0, 0.05) is 11.3 Å². The summed E-state index contributed by atoms with van der Waals surface area (Å²) in [6, 6.07) is 4.54. The third kappa shape index (κ3) is 4.00. The monoisotopic (exact) mass is 291 g/mol. The summed E-state index contributed by atoms with van der Waals surface area (Å²) in [5.41, 5.74) is 6.66. The number of tetrazole rings is 1. The van der Waals surface area contributed by atoms with Crippen molar-refractivity contribution in [2.24, 2.45) is 5.92 Å². The van der Waals surface area contributed by atoms with E-state index in [0.717, 1.165) is 12.8 Å². The SMILES string of the molecule is CC(C)CCCC(C)n1nnnc1-c1cc(N)cc(F)c1. The molecule has 5 nitrogen and oxygen atoms in total. The molecule has 2 aromatic rings. The Morgan fingerprint density at radius 1 is 1.19 bits per heavy atom. The summed E-state index contributed by atoms with van der Waals surface area (Å²) >= 11 is 0. The minimum Gasteiger partial charge on any atom is -0.399 e. The van der Waals surface area contributed by atoms with Gasteiger partial charge in [0.2, 0.25) is 0 Å². The van der Waals surface area contributed by atoms with Gasteiger partial charge in [-0.05, 0) is 47.9 Å². The molecule has 0 saturated heterocycles. The number of benzene rings is 1. The summed E-state index contributed by atoms with van der Waals surface area (Å²) in [6.07, 6.45) is 3.28. The molecular weight excluding hydrogens is 269 g/mol. The summed E-state index contributed by atoms with van der Waals surface area (Å²) in [4.78, 5) is 0. The first-order valence-electron chi connectivity index (χ1n) is 7.31. The van der Waals surface area contributed by atoms with E-state index in [4.69, 9.17) is 5.73 Å². The predicted octanol–water partition coefficient (Wildman–Crippen LogP) is 3.45. The summed E-state index contributed by atoms with van der Waals surface area (Å²) < 4.78 is 15.2. The van der Waals surface area contributed by atoms with Crippen LogP contribution in [0.3, 0.4) is 0 Å². The largest absolute Gasteiger partial charge is 0.399 e. The van der Waals surface area contributed by atoms with E-state index >= 15 is 0 Å². The average molecular weight is 291 g/mol. The first-order chi connectivity index (χ1) is 9.97. The van der Waals surface area contributed by atoms with Crippen molar-refractivity contribution < 1.29 is 4.39 Å². The van der Waals surface area contributed by atoms with Crippen LogP contribution in [0, 0.1) is 11.7 Å². The zero-order chi connectivity index (χ0) is 15.4. The normalized spacial score (nSPS) is 12.8. The van der Waals surface area contributed by atoms with Gasteiger partial charge in [-0.1, -0.05) is 26.7 Å². The molecule has 1 atom stereocenters. The van der Waals surface area contributed by atoms with Crippen molar-refractivity contribution in [2.45, 2.75) is 46.1 Å². The Morgan fingerprint density at radius 3 is 2.62 bits per heavy atom. The number of rotatable bonds is 6. The number of nitrogens with two attached hydrogens (primary N) is 1. The fourth-order valence-electron chi connectivity index (χ4n) is 2.37. The average Bonchev–Trinajstić information content (AvgIpc) is 2.86. The van der Waals surface area contributed by atoms with Gasteiger partial charge in [0.1, 0.15) is 5.82 Å². The fraction of sp³-hybridized carbons (Fsp3) is 0.533. The number of nitrogens with zero attached hydrogens (tertiary/aromatic N) is 4. The Morgan fingerprint density at radius 2 is 1.95 bits per heavy atom. The molecule has 1 aromatic heterocycles. The summed E-state index contributed by atoms with van der Waals surface area (Å²) in [5.74, 6) is 0.860. The van der Waals surface area contributed by atoms with Gasteiger partial charge in [-0.2, -0.15) is 0 Å². The van der Waals surface area contributed by atoms with Gasteiger partial charge < -0.3 is 5.73 Å². The van der Waals surface area contributed by atoms with Crippen LogP contribution in [-0.2, 0) is 0 Å². The van der Waals surface area contributed by atoms with Crippen molar-refractivity contribution in [1.29, 1.82) is 0 Å². The van der Waals surface area contributed by atoms with Crippen LogP contribution in [0.4, 0.5) is 10.1 Å². The van der Waals surface area contributed by atoms with Gasteiger partial charge in [0.05, 0.1) is 6.04 Å². The van der Waals surface area contributed by atoms with Gasteiger partial charge in [-0.3, -0.25) is 0 Å². The first-order valence-corrected chi connectivity index (χ1v) is 7.31. The second-order valence-corrected chi connectivity index (χ2v) is 5.89. The number of hydrogen-bond donors (Lipinski definition) is 1. The van der Waals surface area contributed by atoms with Crippen LogP contribution in [0.2, 0.25) is 0 Å². The van der Waals surface area contributed by atoms with Gasteiger partial charge in [0.15, 0.2) is 5.82 Å². The highest BCUT2D eigenvalue weighted by Gasteiger charge is 2.15. The molecule has 1 aromatic carbocycles. The lowest BCUT2D eigenvalue weighted by molar-refractivity contribution is 0.414. The Bertz CT molecular complexity index is 573. The van der Waals surface area contributed by atoms with E-state index in [1.54, 1.807) is 10.7 Å². The Kier molecular flexibility index (Phi) is 4.88. The van der Waals surface area contributed by atoms with E-state index in [9.17, 15) is 4.39 Å². The lowest BCUT2D eigenvalue weighted by Gasteiger charge is -2.14. The molecule has 0 aliphatic rings. The summed E-state index contributed by atoms with van der Waals surface area (Å²) in [7, 11) is 0. The maximum Gasteiger partial charge on any atom is 0.182 e. The van der Waals surface area contributed by atoms with Crippen LogP contribution in [0.15, 0.2) is 18.2 Å². The zero-order valence-electron chi connectivity index (χ0n) is 12.8. The number of halogens is 1. The molecule has 6 heteroatoms. The second-order valence-electron chi connectivity index (χ2n) is 5.89. The van der Waals surface area contributed by atoms with Crippen LogP contribution < -0.4 is 5.73 Å². The van der Waals surface area contributed by atoms with Crippen molar-refractivity contribution in [3.8, 4) is 11.4 Å². The van der Waals surface area contributed by atoms with Crippen LogP contribution >= 0.6 is 0 Å². The molecule has 0 amide bonds. The van der Waals surface area contributed by atoms with E-state index in [-0.39, 0.29) is 11.9 Å². The topological polar surface area (TPSA) is 69.6 Å². The van der Waals surface area contributed by atoms with Gasteiger partial charge >= 0.3 is 0 Å². The van der Waals surface area contributed by atoms with Gasteiger partial charge in [-0.15, -0.1) is 5.10 Å². The van der Waals surface area contributed by atoms with Crippen molar-refractivity contribution in [3.05, 3.63) is 24.0 Å². The maximum atomic E-state index is 13.5. The van der Waals surface area contributed by atoms with Crippen molar-refractivity contribution in [2.75, 3.05) is 5.73 Å². The van der Waals surface area contributed by atoms with Gasteiger partial charge in [0.25, 0.3) is 0 Å². The molecule has 0 aliphatic carbocycles. The molecule has 1 heterocycles. The third-order valence-electron chi connectivity index (χ3n) is 3.49. The quantitative estimate of drug-likeness (QED) is 0.828. The molecule has 0 bridgehead atoms. The number of anilines is 1. The highest BCUT2D eigenvalue weighted by Crippen LogP contribution is 2.25. The molecule has 0 aliphatic heterocycles. The van der Waals surface area contributed by atoms with Crippen molar-refractivity contribution in [3.63, 3.8) is 0 Å². The molecule has 2 N–H and O–H groups in total. The molecule has 21 heavy (non-hydrogen) atoms. The highest BCUT2D eigenvalue weighted by atomic mass is 19.1. The van der Waals surface area contributed by atoms with E-state index in [1.165, 1.54) is 18.6 Å². The lowest BCUT2D eigenvalue weighted by Crippen LogP contribution is -2.10. The van der Waals surface area contributed by atoms with Crippen molar-refractivity contribution in [1.82, 2.24) is 20.2 Å². The number of hydrogen-bond acceptors (Lipinski definition) is 4. The Balaban J connectivity index is 2.17. The lowest BCUT2D eigenvalue weighted by atomic mass is 10.0. The predicted molar refractivity (Wildman–Crippen MR) is 81.0 cm³/mol. The summed E-state index contributed by atoms with van der Waals surface area (Å²) in [5, 5.41) is 11.8. The van der Waals surface area contributed by atoms with Crippen LogP contribution in [0.25, 0.3) is 11.4 Å². The van der Waals surface area contributed by atoms with Crippen LogP contribution in [-0.4, -0.2) is 20.2 Å². The molecule has 0 saturated carbocycles. The van der Waals surface area contributed by atoms with Crippen LogP contribution in [0.1, 0.15) is 46.1 Å². The second kappa shape index (κ2) is 6.65. The van der Waals surface area contributed by atoms with Crippen LogP contribution in [0.5, 0.6) is 0 Å². The van der Waals surface area contributed by atoms with Gasteiger partial charge in [-0.25, -0.2) is 9.07 Å².